The van der Waals surface area contributed by atoms with Crippen molar-refractivity contribution in [1.82, 2.24) is 20.1 Å². The van der Waals surface area contributed by atoms with Gasteiger partial charge in [0.1, 0.15) is 5.75 Å². The second kappa shape index (κ2) is 9.21. The van der Waals surface area contributed by atoms with Crippen molar-refractivity contribution in [3.63, 3.8) is 0 Å². The molecule has 0 aliphatic carbocycles. The third kappa shape index (κ3) is 4.59. The van der Waals surface area contributed by atoms with Gasteiger partial charge < -0.3 is 15.0 Å². The van der Waals surface area contributed by atoms with Crippen LogP contribution in [0.25, 0.3) is 0 Å². The first kappa shape index (κ1) is 20.3. The van der Waals surface area contributed by atoms with E-state index in [1.807, 2.05) is 62.4 Å². The monoisotopic (exact) mass is 423 g/mol. The Morgan fingerprint density at radius 3 is 2.60 bits per heavy atom. The van der Waals surface area contributed by atoms with E-state index in [9.17, 15) is 4.79 Å². The molecule has 0 saturated carbocycles. The quantitative estimate of drug-likeness (QED) is 0.559. The van der Waals surface area contributed by atoms with Crippen molar-refractivity contribution in [2.75, 3.05) is 23.8 Å². The molecule has 0 saturated heterocycles. The molecule has 0 atom stereocenters. The number of carbonyl (C=O) groups is 1. The molecule has 1 aliphatic heterocycles. The topological polar surface area (TPSA) is 72.3 Å². The highest BCUT2D eigenvalue weighted by Gasteiger charge is 2.26. The van der Waals surface area contributed by atoms with E-state index in [2.05, 4.69) is 25.0 Å². The second-order valence-electron chi connectivity index (χ2n) is 7.06. The highest BCUT2D eigenvalue weighted by atomic mass is 32.2. The molecule has 0 spiro atoms. The lowest BCUT2D eigenvalue weighted by atomic mass is 10.1. The molecule has 0 fully saturated rings. The summed E-state index contributed by atoms with van der Waals surface area (Å²) in [4.78, 5) is 14.4. The highest BCUT2D eigenvalue weighted by molar-refractivity contribution is 7.99. The van der Waals surface area contributed by atoms with E-state index < -0.39 is 0 Å². The number of hydrogen-bond acceptors (Lipinski definition) is 6. The van der Waals surface area contributed by atoms with E-state index in [-0.39, 0.29) is 5.91 Å². The predicted octanol–water partition coefficient (Wildman–Crippen LogP) is 3.55. The van der Waals surface area contributed by atoms with Crippen molar-refractivity contribution in [1.29, 1.82) is 0 Å². The molecule has 1 amide bonds. The van der Waals surface area contributed by atoms with Gasteiger partial charge in [0.15, 0.2) is 5.16 Å². The number of nitrogens with one attached hydrogen (secondary N) is 1. The fourth-order valence-electron chi connectivity index (χ4n) is 3.30. The van der Waals surface area contributed by atoms with Crippen molar-refractivity contribution in [3.8, 4) is 5.75 Å². The van der Waals surface area contributed by atoms with Gasteiger partial charge in [0.2, 0.25) is 11.9 Å². The van der Waals surface area contributed by atoms with Crippen molar-refractivity contribution < 1.29 is 9.53 Å². The number of aromatic nitrogens is 3. The molecule has 0 bridgehead atoms. The summed E-state index contributed by atoms with van der Waals surface area (Å²) in [6.07, 6.45) is 0. The third-order valence-corrected chi connectivity index (χ3v) is 5.85. The SMILES string of the molecule is CCOc1ccc(N2CCn3c(SCC(=O)NCc4ccc(C)cc4)nnc32)cc1. The Bertz CT molecular complexity index is 1000. The van der Waals surface area contributed by atoms with E-state index in [1.54, 1.807) is 0 Å². The molecule has 1 aromatic heterocycles. The number of anilines is 2. The van der Waals surface area contributed by atoms with Crippen LogP contribution in [0.5, 0.6) is 5.75 Å². The van der Waals surface area contributed by atoms with Crippen LogP contribution in [0.1, 0.15) is 18.1 Å². The second-order valence-corrected chi connectivity index (χ2v) is 8.01. The number of fused-ring (bicyclic) bond motifs is 1. The van der Waals surface area contributed by atoms with Gasteiger partial charge in [-0.1, -0.05) is 41.6 Å². The van der Waals surface area contributed by atoms with Gasteiger partial charge in [0.05, 0.1) is 12.4 Å². The first-order valence-corrected chi connectivity index (χ1v) is 11.0. The molecule has 0 radical (unpaired) electrons. The Morgan fingerprint density at radius 2 is 1.87 bits per heavy atom. The molecule has 0 unspecified atom stereocenters. The van der Waals surface area contributed by atoms with Gasteiger partial charge in [0.25, 0.3) is 0 Å². The first-order chi connectivity index (χ1) is 14.6. The molecule has 4 rings (SSSR count). The van der Waals surface area contributed by atoms with Gasteiger partial charge >= 0.3 is 0 Å². The van der Waals surface area contributed by atoms with Crippen LogP contribution >= 0.6 is 11.8 Å². The molecular formula is C22H25N5O2S. The Hall–Kier alpha value is -3.00. The molecule has 1 aliphatic rings. The van der Waals surface area contributed by atoms with Crippen LogP contribution in [-0.2, 0) is 17.9 Å². The van der Waals surface area contributed by atoms with E-state index in [0.29, 0.717) is 18.9 Å². The number of nitrogens with zero attached hydrogens (tertiary/aromatic N) is 4. The average Bonchev–Trinajstić information content (AvgIpc) is 3.35. The summed E-state index contributed by atoms with van der Waals surface area (Å²) in [6, 6.07) is 16.1. The maximum absolute atomic E-state index is 12.2. The number of thioether (sulfide) groups is 1. The number of rotatable bonds is 8. The highest BCUT2D eigenvalue weighted by Crippen LogP contribution is 2.32. The van der Waals surface area contributed by atoms with Gasteiger partial charge in [0, 0.05) is 25.3 Å². The lowest BCUT2D eigenvalue weighted by Crippen LogP contribution is -2.24. The van der Waals surface area contributed by atoms with Crippen LogP contribution in [0.2, 0.25) is 0 Å². The van der Waals surface area contributed by atoms with Gasteiger partial charge in [-0.25, -0.2) is 0 Å². The van der Waals surface area contributed by atoms with E-state index in [4.69, 9.17) is 4.74 Å². The van der Waals surface area contributed by atoms with Crippen LogP contribution < -0.4 is 15.0 Å². The molecule has 3 aromatic rings. The standard InChI is InChI=1S/C22H25N5O2S/c1-3-29-19-10-8-18(9-11-19)26-12-13-27-21(26)24-25-22(27)30-15-20(28)23-14-17-6-4-16(2)5-7-17/h4-11H,3,12-15H2,1-2H3,(H,23,28). The van der Waals surface area contributed by atoms with Crippen molar-refractivity contribution in [3.05, 3.63) is 59.7 Å². The number of carbonyl (C=O) groups excluding carboxylic acids is 1. The lowest BCUT2D eigenvalue weighted by molar-refractivity contribution is -0.118. The van der Waals surface area contributed by atoms with Gasteiger partial charge in [-0.2, -0.15) is 0 Å². The van der Waals surface area contributed by atoms with E-state index in [0.717, 1.165) is 41.2 Å². The number of hydrogen-bond donors (Lipinski definition) is 1. The van der Waals surface area contributed by atoms with Gasteiger partial charge in [-0.15, -0.1) is 10.2 Å². The molecule has 2 aromatic carbocycles. The molecule has 30 heavy (non-hydrogen) atoms. The van der Waals surface area contributed by atoms with Crippen molar-refractivity contribution in [2.24, 2.45) is 0 Å². The largest absolute Gasteiger partial charge is 0.494 e. The predicted molar refractivity (Wildman–Crippen MR) is 118 cm³/mol. The summed E-state index contributed by atoms with van der Waals surface area (Å²) >= 11 is 1.42. The van der Waals surface area contributed by atoms with E-state index >= 15 is 0 Å². The zero-order valence-electron chi connectivity index (χ0n) is 17.2. The number of aryl methyl sites for hydroxylation is 1. The minimum absolute atomic E-state index is 0.0145. The zero-order chi connectivity index (χ0) is 20.9. The fourth-order valence-corrected chi connectivity index (χ4v) is 4.09. The Morgan fingerprint density at radius 1 is 1.10 bits per heavy atom. The number of ether oxygens (including phenoxy) is 1. The summed E-state index contributed by atoms with van der Waals surface area (Å²) in [5, 5.41) is 12.4. The van der Waals surface area contributed by atoms with Crippen LogP contribution in [-0.4, -0.2) is 39.6 Å². The zero-order valence-corrected chi connectivity index (χ0v) is 18.0. The summed E-state index contributed by atoms with van der Waals surface area (Å²) < 4.78 is 7.58. The fraction of sp³-hybridized carbons (Fsp3) is 0.318. The summed E-state index contributed by atoms with van der Waals surface area (Å²) in [5.41, 5.74) is 3.35. The minimum Gasteiger partial charge on any atom is -0.494 e. The molecule has 7 nitrogen and oxygen atoms in total. The molecule has 8 heteroatoms. The Kier molecular flexibility index (Phi) is 6.23. The lowest BCUT2D eigenvalue weighted by Gasteiger charge is -2.15. The molecule has 156 valence electrons. The van der Waals surface area contributed by atoms with E-state index in [1.165, 1.54) is 17.3 Å². The third-order valence-electron chi connectivity index (χ3n) is 4.89. The molecular weight excluding hydrogens is 398 g/mol. The Labute approximate surface area is 180 Å². The maximum Gasteiger partial charge on any atom is 0.232 e. The molecule has 2 heterocycles. The molecule has 1 N–H and O–H groups in total. The summed E-state index contributed by atoms with van der Waals surface area (Å²) in [7, 11) is 0. The van der Waals surface area contributed by atoms with Crippen LogP contribution in [0.3, 0.4) is 0 Å². The van der Waals surface area contributed by atoms with Crippen LogP contribution in [0.4, 0.5) is 11.6 Å². The Balaban J connectivity index is 1.33. The van der Waals surface area contributed by atoms with Gasteiger partial charge in [-0.3, -0.25) is 9.36 Å². The van der Waals surface area contributed by atoms with Crippen molar-refractivity contribution >= 4 is 29.3 Å². The smallest absolute Gasteiger partial charge is 0.232 e. The van der Waals surface area contributed by atoms with Crippen LogP contribution in [0.15, 0.2) is 53.7 Å². The number of amides is 1. The van der Waals surface area contributed by atoms with Crippen molar-refractivity contribution in [2.45, 2.75) is 32.1 Å². The number of benzene rings is 2. The maximum atomic E-state index is 12.2. The minimum atomic E-state index is -0.0145. The normalized spacial score (nSPS) is 12.7. The van der Waals surface area contributed by atoms with Crippen LogP contribution in [0, 0.1) is 6.92 Å². The average molecular weight is 424 g/mol. The summed E-state index contributed by atoms with van der Waals surface area (Å²) in [5.74, 6) is 1.96. The first-order valence-electron chi connectivity index (χ1n) is 10.0. The van der Waals surface area contributed by atoms with Gasteiger partial charge in [-0.05, 0) is 43.7 Å². The summed E-state index contributed by atoms with van der Waals surface area (Å²) in [6.45, 7) is 6.82.